The first-order valence-corrected chi connectivity index (χ1v) is 8.47. The molecule has 0 aliphatic heterocycles. The summed E-state index contributed by atoms with van der Waals surface area (Å²) in [6.07, 6.45) is 6.63. The van der Waals surface area contributed by atoms with Gasteiger partial charge in [0.05, 0.1) is 12.1 Å². The van der Waals surface area contributed by atoms with Crippen LogP contribution in [0, 0.1) is 0 Å². The van der Waals surface area contributed by atoms with Crippen molar-refractivity contribution in [1.29, 1.82) is 0 Å². The zero-order valence-corrected chi connectivity index (χ0v) is 13.3. The molecule has 1 aromatic carbocycles. The molecule has 1 N–H and O–H groups in total. The fourth-order valence-electron chi connectivity index (χ4n) is 3.28. The van der Waals surface area contributed by atoms with Gasteiger partial charge in [0, 0.05) is 25.2 Å². The van der Waals surface area contributed by atoms with Crippen molar-refractivity contribution in [2.75, 3.05) is 20.3 Å². The van der Waals surface area contributed by atoms with Gasteiger partial charge in [-0.2, -0.15) is 0 Å². The molecule has 1 aliphatic carbocycles. The molecular formula is C17H22N2OS. The summed E-state index contributed by atoms with van der Waals surface area (Å²) < 4.78 is 5.23. The molecule has 1 unspecified atom stereocenters. The van der Waals surface area contributed by atoms with Crippen molar-refractivity contribution in [3.05, 3.63) is 52.0 Å². The zero-order valence-electron chi connectivity index (χ0n) is 12.5. The summed E-state index contributed by atoms with van der Waals surface area (Å²) in [6, 6.07) is 8.82. The average Bonchev–Trinajstić information content (AvgIpc) is 2.99. The van der Waals surface area contributed by atoms with Crippen LogP contribution in [0.4, 0.5) is 0 Å². The van der Waals surface area contributed by atoms with Crippen LogP contribution in [0.25, 0.3) is 0 Å². The van der Waals surface area contributed by atoms with Crippen LogP contribution < -0.4 is 5.32 Å². The van der Waals surface area contributed by atoms with Crippen molar-refractivity contribution in [1.82, 2.24) is 10.3 Å². The summed E-state index contributed by atoms with van der Waals surface area (Å²) in [5.41, 5.74) is 2.70. The second-order valence-corrected chi connectivity index (χ2v) is 6.42. The van der Waals surface area contributed by atoms with E-state index in [2.05, 4.69) is 39.9 Å². The lowest BCUT2D eigenvalue weighted by Gasteiger charge is -2.34. The normalized spacial score (nSPS) is 21.8. The van der Waals surface area contributed by atoms with E-state index in [1.807, 2.05) is 6.20 Å². The van der Waals surface area contributed by atoms with Gasteiger partial charge in [-0.15, -0.1) is 11.3 Å². The Morgan fingerprint density at radius 2 is 2.24 bits per heavy atom. The number of aryl methyl sites for hydroxylation is 1. The molecule has 0 radical (unpaired) electrons. The van der Waals surface area contributed by atoms with Gasteiger partial charge in [0.1, 0.15) is 5.01 Å². The lowest BCUT2D eigenvalue weighted by atomic mass is 9.84. The molecule has 1 aromatic heterocycles. The Hall–Kier alpha value is -1.23. The molecule has 0 saturated heterocycles. The Labute approximate surface area is 130 Å². The molecule has 3 rings (SSSR count). The average molecular weight is 302 g/mol. The number of ether oxygens (including phenoxy) is 1. The van der Waals surface area contributed by atoms with E-state index in [4.69, 9.17) is 4.74 Å². The Balaban J connectivity index is 2.06. The molecule has 1 heterocycles. The number of methoxy groups -OCH3 is 1. The number of benzene rings is 1. The molecule has 0 spiro atoms. The number of thiazole rings is 1. The highest BCUT2D eigenvalue weighted by Gasteiger charge is 2.38. The summed E-state index contributed by atoms with van der Waals surface area (Å²) in [4.78, 5) is 4.65. The van der Waals surface area contributed by atoms with E-state index in [9.17, 15) is 0 Å². The van der Waals surface area contributed by atoms with E-state index in [1.165, 1.54) is 29.0 Å². The molecule has 3 nitrogen and oxygen atoms in total. The number of nitrogens with one attached hydrogen (secondary N) is 1. The highest BCUT2D eigenvalue weighted by Crippen LogP contribution is 2.40. The van der Waals surface area contributed by atoms with Gasteiger partial charge < -0.3 is 4.74 Å². The second kappa shape index (κ2) is 6.69. The van der Waals surface area contributed by atoms with Gasteiger partial charge >= 0.3 is 0 Å². The van der Waals surface area contributed by atoms with Gasteiger partial charge in [-0.1, -0.05) is 30.7 Å². The number of fused-ring (bicyclic) bond motifs is 1. The van der Waals surface area contributed by atoms with E-state index < -0.39 is 0 Å². The van der Waals surface area contributed by atoms with Crippen LogP contribution in [0.15, 0.2) is 35.8 Å². The van der Waals surface area contributed by atoms with Gasteiger partial charge in [-0.05, 0) is 30.4 Å². The van der Waals surface area contributed by atoms with Gasteiger partial charge in [-0.25, -0.2) is 4.98 Å². The fraction of sp³-hybridized carbons (Fsp3) is 0.471. The molecular weight excluding hydrogens is 280 g/mol. The third-order valence-corrected chi connectivity index (χ3v) is 5.19. The maximum atomic E-state index is 5.23. The Bertz CT molecular complexity index is 570. The third kappa shape index (κ3) is 2.89. The van der Waals surface area contributed by atoms with Crippen LogP contribution >= 0.6 is 11.3 Å². The third-order valence-electron chi connectivity index (χ3n) is 4.26. The van der Waals surface area contributed by atoms with Crippen molar-refractivity contribution < 1.29 is 4.74 Å². The minimum Gasteiger partial charge on any atom is -0.383 e. The molecule has 4 heteroatoms. The first-order chi connectivity index (χ1) is 10.4. The predicted octanol–water partition coefficient (Wildman–Crippen LogP) is 3.35. The molecule has 0 fully saturated rings. The monoisotopic (exact) mass is 302 g/mol. The van der Waals surface area contributed by atoms with Crippen molar-refractivity contribution in [2.24, 2.45) is 0 Å². The predicted molar refractivity (Wildman–Crippen MR) is 86.8 cm³/mol. The van der Waals surface area contributed by atoms with Gasteiger partial charge in [0.15, 0.2) is 0 Å². The van der Waals surface area contributed by atoms with Gasteiger partial charge in [0.2, 0.25) is 0 Å². The van der Waals surface area contributed by atoms with Crippen LogP contribution in [-0.2, 0) is 16.7 Å². The lowest BCUT2D eigenvalue weighted by molar-refractivity contribution is 0.187. The number of aromatic nitrogens is 1. The highest BCUT2D eigenvalue weighted by atomic mass is 32.1. The molecule has 0 saturated carbocycles. The first kappa shape index (κ1) is 14.7. The molecule has 0 amide bonds. The molecule has 1 aliphatic rings. The number of hydrogen-bond donors (Lipinski definition) is 1. The van der Waals surface area contributed by atoms with Crippen molar-refractivity contribution in [3.8, 4) is 0 Å². The van der Waals surface area contributed by atoms with Crippen molar-refractivity contribution in [2.45, 2.75) is 31.2 Å². The van der Waals surface area contributed by atoms with E-state index in [0.717, 1.165) is 26.0 Å². The molecule has 21 heavy (non-hydrogen) atoms. The standard InChI is InChI=1S/C17H22N2OS/c1-20-12-10-19-17(16-18-11-13-21-16)9-5-4-7-14-6-2-3-8-15(14)17/h2-3,6,8,11,13,19H,4-5,7,9-10,12H2,1H3. The number of rotatable bonds is 5. The Morgan fingerprint density at radius 3 is 3.05 bits per heavy atom. The van der Waals surface area contributed by atoms with E-state index in [0.29, 0.717) is 0 Å². The quantitative estimate of drug-likeness (QED) is 0.679. The molecule has 112 valence electrons. The van der Waals surface area contributed by atoms with Crippen LogP contribution in [-0.4, -0.2) is 25.2 Å². The first-order valence-electron chi connectivity index (χ1n) is 7.59. The fourth-order valence-corrected chi connectivity index (χ4v) is 4.13. The Morgan fingerprint density at radius 1 is 1.33 bits per heavy atom. The minimum atomic E-state index is -0.153. The van der Waals surface area contributed by atoms with Gasteiger partial charge in [0.25, 0.3) is 0 Å². The minimum absolute atomic E-state index is 0.153. The maximum absolute atomic E-state index is 5.23. The van der Waals surface area contributed by atoms with Crippen LogP contribution in [0.2, 0.25) is 0 Å². The maximum Gasteiger partial charge on any atom is 0.117 e. The second-order valence-electron chi connectivity index (χ2n) is 5.53. The van der Waals surface area contributed by atoms with Crippen LogP contribution in [0.1, 0.15) is 35.4 Å². The summed E-state index contributed by atoms with van der Waals surface area (Å²) >= 11 is 1.74. The topological polar surface area (TPSA) is 34.1 Å². The van der Waals surface area contributed by atoms with Crippen molar-refractivity contribution >= 4 is 11.3 Å². The summed E-state index contributed by atoms with van der Waals surface area (Å²) in [5.74, 6) is 0. The Kier molecular flexibility index (Phi) is 4.68. The summed E-state index contributed by atoms with van der Waals surface area (Å²) in [7, 11) is 1.75. The number of hydrogen-bond acceptors (Lipinski definition) is 4. The largest absolute Gasteiger partial charge is 0.383 e. The van der Waals surface area contributed by atoms with E-state index >= 15 is 0 Å². The molecule has 2 aromatic rings. The summed E-state index contributed by atoms with van der Waals surface area (Å²) in [5, 5.41) is 7.00. The van der Waals surface area contributed by atoms with Crippen LogP contribution in [0.3, 0.4) is 0 Å². The van der Waals surface area contributed by atoms with Crippen LogP contribution in [0.5, 0.6) is 0 Å². The molecule has 0 bridgehead atoms. The SMILES string of the molecule is COCCNC1(c2nccs2)CCCCc2ccccc21. The lowest BCUT2D eigenvalue weighted by Crippen LogP contribution is -2.45. The number of nitrogens with zero attached hydrogens (tertiary/aromatic N) is 1. The molecule has 1 atom stereocenters. The van der Waals surface area contributed by atoms with Crippen molar-refractivity contribution in [3.63, 3.8) is 0 Å². The smallest absolute Gasteiger partial charge is 0.117 e. The zero-order chi connectivity index (χ0) is 14.5. The van der Waals surface area contributed by atoms with E-state index in [-0.39, 0.29) is 5.54 Å². The summed E-state index contributed by atoms with van der Waals surface area (Å²) in [6.45, 7) is 1.56. The highest BCUT2D eigenvalue weighted by molar-refractivity contribution is 7.09. The van der Waals surface area contributed by atoms with Gasteiger partial charge in [-0.3, -0.25) is 5.32 Å². The van der Waals surface area contributed by atoms with E-state index in [1.54, 1.807) is 18.4 Å².